The molecule has 0 radical (unpaired) electrons. The van der Waals surface area contributed by atoms with Crippen LogP contribution in [0.25, 0.3) is 10.8 Å². The summed E-state index contributed by atoms with van der Waals surface area (Å²) in [5, 5.41) is 1.64. The van der Waals surface area contributed by atoms with Gasteiger partial charge >= 0.3 is 0 Å². The van der Waals surface area contributed by atoms with E-state index in [0.29, 0.717) is 29.9 Å². The molecular weight excluding hydrogens is 526 g/mol. The van der Waals surface area contributed by atoms with Crippen LogP contribution in [-0.4, -0.2) is 56.3 Å². The lowest BCUT2D eigenvalue weighted by Crippen LogP contribution is -2.54. The molecule has 2 aromatic rings. The van der Waals surface area contributed by atoms with Gasteiger partial charge < -0.3 is 4.74 Å². The first-order valence-corrected chi connectivity index (χ1v) is 15.6. The van der Waals surface area contributed by atoms with E-state index in [4.69, 9.17) is 9.02 Å². The highest BCUT2D eigenvalue weighted by molar-refractivity contribution is 7.99. The average Bonchev–Trinajstić information content (AvgIpc) is 3.32. The highest BCUT2D eigenvalue weighted by Crippen LogP contribution is 2.89. The van der Waals surface area contributed by atoms with Crippen molar-refractivity contribution in [1.82, 2.24) is 5.06 Å². The molecule has 0 saturated heterocycles. The normalized spacial score (nSPS) is 28.9. The second-order valence-electron chi connectivity index (χ2n) is 11.5. The number of unbranched alkanes of at least 4 members (excludes halogenated alkanes) is 1. The molecule has 2 aromatic carbocycles. The zero-order chi connectivity index (χ0) is 27.1. The van der Waals surface area contributed by atoms with E-state index < -0.39 is 33.1 Å². The quantitative estimate of drug-likeness (QED) is 0.237. The van der Waals surface area contributed by atoms with Crippen LogP contribution in [0.2, 0.25) is 0 Å². The fourth-order valence-corrected chi connectivity index (χ4v) is 10.4. The number of hydroxylamine groups is 2. The first-order valence-electron chi connectivity index (χ1n) is 13.0. The molecule has 4 aliphatic rings. The van der Waals surface area contributed by atoms with Gasteiger partial charge in [0.2, 0.25) is 0 Å². The van der Waals surface area contributed by atoms with Crippen molar-refractivity contribution < 1.29 is 31.8 Å². The SMILES string of the molecule is COCCCCSc1ccc2c3c(cccc13)C(=O)N(OS(=O)(=O)CC13CCC14C(CC3=O)C4(C)C)C2=O. The molecule has 3 aliphatic carbocycles. The Hall–Kier alpha value is -2.27. The molecule has 0 aromatic heterocycles. The number of ether oxygens (including phenoxy) is 1. The summed E-state index contributed by atoms with van der Waals surface area (Å²) >= 11 is 1.64. The van der Waals surface area contributed by atoms with E-state index in [2.05, 4.69) is 13.8 Å². The second-order valence-corrected chi connectivity index (χ2v) is 14.2. The zero-order valence-electron chi connectivity index (χ0n) is 21.7. The van der Waals surface area contributed by atoms with Crippen molar-refractivity contribution in [3.05, 3.63) is 41.5 Å². The maximum atomic E-state index is 13.4. The largest absolute Gasteiger partial charge is 0.385 e. The Morgan fingerprint density at radius 3 is 2.45 bits per heavy atom. The molecule has 1 heterocycles. The molecule has 3 fully saturated rings. The van der Waals surface area contributed by atoms with Gasteiger partial charge in [-0.25, -0.2) is 0 Å². The summed E-state index contributed by atoms with van der Waals surface area (Å²) in [6, 6.07) is 8.61. The van der Waals surface area contributed by atoms with Gasteiger partial charge in [0.15, 0.2) is 0 Å². The molecule has 6 rings (SSSR count). The van der Waals surface area contributed by atoms with Crippen LogP contribution in [0.3, 0.4) is 0 Å². The minimum atomic E-state index is -4.42. The second kappa shape index (κ2) is 8.61. The summed E-state index contributed by atoms with van der Waals surface area (Å²) in [4.78, 5) is 40.7. The van der Waals surface area contributed by atoms with Crippen molar-refractivity contribution >= 4 is 50.3 Å². The molecule has 0 N–H and O–H groups in total. The van der Waals surface area contributed by atoms with E-state index in [9.17, 15) is 22.8 Å². The van der Waals surface area contributed by atoms with Gasteiger partial charge in [-0.15, -0.1) is 21.1 Å². The fraction of sp³-hybridized carbons (Fsp3) is 0.536. The number of nitrogens with zero attached hydrogens (tertiary/aromatic N) is 1. The van der Waals surface area contributed by atoms with E-state index in [1.807, 2.05) is 12.1 Å². The number of imide groups is 1. The number of Topliss-reactive ketones (excluding diaryl/α,β-unsaturated/α-hetero) is 1. The summed E-state index contributed by atoms with van der Waals surface area (Å²) in [7, 11) is -2.74. The Bertz CT molecular complexity index is 1480. The summed E-state index contributed by atoms with van der Waals surface area (Å²) < 4.78 is 37.0. The van der Waals surface area contributed by atoms with Gasteiger partial charge in [0.05, 0.1) is 22.3 Å². The Morgan fingerprint density at radius 2 is 1.76 bits per heavy atom. The van der Waals surface area contributed by atoms with Crippen LogP contribution in [-0.2, 0) is 23.9 Å². The van der Waals surface area contributed by atoms with Crippen LogP contribution < -0.4 is 0 Å². The third-order valence-corrected chi connectivity index (χ3v) is 12.1. The Balaban J connectivity index is 1.25. The molecule has 0 bridgehead atoms. The standard InChI is InChI=1S/C28H31NO7S2/c1-26(2)21-15-22(30)27(11-12-28(21,26)27)16-38(33,34)36-29-24(31)18-8-6-7-17-20(37-14-5-4-13-35-3)10-9-19(23(17)18)25(29)32/h6-10,21H,4-5,11-16H2,1-3H3. The lowest BCUT2D eigenvalue weighted by atomic mass is 9.55. The molecule has 3 unspecified atom stereocenters. The topological polar surface area (TPSA) is 107 Å². The first kappa shape index (κ1) is 26.0. The number of hydrogen-bond donors (Lipinski definition) is 0. The predicted octanol–water partition coefficient (Wildman–Crippen LogP) is 4.61. The summed E-state index contributed by atoms with van der Waals surface area (Å²) in [5.74, 6) is -1.15. The minimum absolute atomic E-state index is 0.0427. The van der Waals surface area contributed by atoms with Gasteiger partial charge in [0, 0.05) is 30.4 Å². The number of carbonyl (C=O) groups excluding carboxylic acids is 3. The lowest BCUT2D eigenvalue weighted by Gasteiger charge is -2.49. The first-order chi connectivity index (χ1) is 18.0. The van der Waals surface area contributed by atoms with Crippen LogP contribution in [0.1, 0.15) is 66.7 Å². The van der Waals surface area contributed by atoms with Gasteiger partial charge in [-0.2, -0.15) is 8.42 Å². The van der Waals surface area contributed by atoms with Gasteiger partial charge in [-0.3, -0.25) is 14.4 Å². The van der Waals surface area contributed by atoms with Crippen molar-refractivity contribution in [3.63, 3.8) is 0 Å². The molecule has 1 spiro atoms. The highest BCUT2D eigenvalue weighted by atomic mass is 32.2. The number of benzene rings is 2. The summed E-state index contributed by atoms with van der Waals surface area (Å²) in [6.45, 7) is 4.88. The van der Waals surface area contributed by atoms with Crippen LogP contribution in [0.4, 0.5) is 0 Å². The number of rotatable bonds is 10. The monoisotopic (exact) mass is 557 g/mol. The average molecular weight is 558 g/mol. The molecule has 3 atom stereocenters. The maximum Gasteiger partial charge on any atom is 0.289 e. The smallest absolute Gasteiger partial charge is 0.289 e. The number of hydrogen-bond acceptors (Lipinski definition) is 8. The number of carbonyl (C=O) groups is 3. The van der Waals surface area contributed by atoms with Crippen molar-refractivity contribution in [1.29, 1.82) is 0 Å². The number of methoxy groups -OCH3 is 1. The van der Waals surface area contributed by atoms with E-state index in [1.165, 1.54) is 0 Å². The Labute approximate surface area is 226 Å². The molecule has 8 nitrogen and oxygen atoms in total. The molecule has 38 heavy (non-hydrogen) atoms. The predicted molar refractivity (Wildman–Crippen MR) is 142 cm³/mol. The van der Waals surface area contributed by atoms with Gasteiger partial charge in [0.25, 0.3) is 21.9 Å². The minimum Gasteiger partial charge on any atom is -0.385 e. The maximum absolute atomic E-state index is 13.4. The van der Waals surface area contributed by atoms with Gasteiger partial charge in [0.1, 0.15) is 5.78 Å². The third kappa shape index (κ3) is 3.36. The Morgan fingerprint density at radius 1 is 1.03 bits per heavy atom. The highest BCUT2D eigenvalue weighted by Gasteiger charge is 2.88. The number of amides is 2. The van der Waals surface area contributed by atoms with Gasteiger partial charge in [-0.05, 0) is 71.8 Å². The van der Waals surface area contributed by atoms with Gasteiger partial charge in [-0.1, -0.05) is 26.0 Å². The third-order valence-electron chi connectivity index (χ3n) is 9.70. The van der Waals surface area contributed by atoms with E-state index in [0.717, 1.165) is 35.3 Å². The number of ketones is 1. The van der Waals surface area contributed by atoms with Crippen molar-refractivity contribution in [2.24, 2.45) is 22.2 Å². The number of thioether (sulfide) groups is 1. The van der Waals surface area contributed by atoms with Crippen molar-refractivity contribution in [2.45, 2.75) is 50.8 Å². The van der Waals surface area contributed by atoms with E-state index in [-0.39, 0.29) is 33.7 Å². The van der Waals surface area contributed by atoms with Crippen LogP contribution in [0.15, 0.2) is 35.2 Å². The molecule has 202 valence electrons. The summed E-state index contributed by atoms with van der Waals surface area (Å²) in [6.07, 6.45) is 3.59. The Kier molecular flexibility index (Phi) is 5.89. The van der Waals surface area contributed by atoms with Crippen molar-refractivity contribution in [2.75, 3.05) is 25.2 Å². The molecule has 10 heteroatoms. The zero-order valence-corrected chi connectivity index (χ0v) is 23.4. The summed E-state index contributed by atoms with van der Waals surface area (Å²) in [5.41, 5.74) is -0.978. The fourth-order valence-electron chi connectivity index (χ4n) is 7.80. The van der Waals surface area contributed by atoms with Crippen LogP contribution in [0, 0.1) is 22.2 Å². The molecular formula is C28H31NO7S2. The molecule has 3 saturated carbocycles. The van der Waals surface area contributed by atoms with Crippen LogP contribution in [0.5, 0.6) is 0 Å². The van der Waals surface area contributed by atoms with Crippen molar-refractivity contribution in [3.8, 4) is 0 Å². The molecule has 2 amide bonds. The molecule has 1 aliphatic heterocycles. The van der Waals surface area contributed by atoms with E-state index >= 15 is 0 Å². The van der Waals surface area contributed by atoms with E-state index in [1.54, 1.807) is 37.1 Å². The van der Waals surface area contributed by atoms with Crippen LogP contribution >= 0.6 is 11.8 Å². The lowest BCUT2D eigenvalue weighted by molar-refractivity contribution is -0.137.